The lowest BCUT2D eigenvalue weighted by Crippen LogP contribution is -2.36. The zero-order chi connectivity index (χ0) is 19.9. The molecular weight excluding hydrogens is 358 g/mol. The first kappa shape index (κ1) is 19.3. The van der Waals surface area contributed by atoms with Gasteiger partial charge in [0, 0.05) is 24.5 Å². The standard InChI is InChI=1S/C21H21N3O4/c1-27-20-13-15(2-7-19(20)25)12-16(14-22)21(26)23-17-3-5-18(6-4-17)24-8-10-28-11-9-24/h2-7,12-13,25H,8-11H2,1H3,(H,23,26). The number of ether oxygens (including phenoxy) is 2. The van der Waals surface area contributed by atoms with E-state index in [0.29, 0.717) is 24.5 Å². The SMILES string of the molecule is COc1cc(C=C(C#N)C(=O)Nc2ccc(N3CCOCC3)cc2)ccc1O. The Balaban J connectivity index is 1.71. The Hall–Kier alpha value is -3.50. The second-order valence-electron chi connectivity index (χ2n) is 6.20. The van der Waals surface area contributed by atoms with Gasteiger partial charge in [0.1, 0.15) is 11.6 Å². The number of phenolic OH excluding ortho intramolecular Hbond substituents is 1. The summed E-state index contributed by atoms with van der Waals surface area (Å²) in [5.41, 5.74) is 2.19. The Bertz CT molecular complexity index is 910. The van der Waals surface area contributed by atoms with Gasteiger partial charge in [-0.25, -0.2) is 0 Å². The van der Waals surface area contributed by atoms with Gasteiger partial charge in [-0.3, -0.25) is 4.79 Å². The highest BCUT2D eigenvalue weighted by molar-refractivity contribution is 6.09. The Morgan fingerprint density at radius 3 is 2.61 bits per heavy atom. The number of hydrogen-bond acceptors (Lipinski definition) is 6. The van der Waals surface area contributed by atoms with Crippen LogP contribution in [-0.2, 0) is 9.53 Å². The van der Waals surface area contributed by atoms with Crippen LogP contribution in [0.5, 0.6) is 11.5 Å². The zero-order valence-corrected chi connectivity index (χ0v) is 15.5. The van der Waals surface area contributed by atoms with Crippen LogP contribution in [0.1, 0.15) is 5.56 Å². The van der Waals surface area contributed by atoms with E-state index in [1.54, 1.807) is 24.3 Å². The van der Waals surface area contributed by atoms with E-state index in [-0.39, 0.29) is 17.1 Å². The van der Waals surface area contributed by atoms with E-state index >= 15 is 0 Å². The van der Waals surface area contributed by atoms with Crippen molar-refractivity contribution in [2.75, 3.05) is 43.6 Å². The molecule has 0 spiro atoms. The average Bonchev–Trinajstić information content (AvgIpc) is 2.74. The molecule has 0 aromatic heterocycles. The molecule has 2 N–H and O–H groups in total. The number of nitrogens with zero attached hydrogens (tertiary/aromatic N) is 2. The largest absolute Gasteiger partial charge is 0.504 e. The maximum absolute atomic E-state index is 12.4. The molecule has 144 valence electrons. The number of hydrogen-bond donors (Lipinski definition) is 2. The summed E-state index contributed by atoms with van der Waals surface area (Å²) in [6, 6.07) is 14.0. The minimum Gasteiger partial charge on any atom is -0.504 e. The topological polar surface area (TPSA) is 94.8 Å². The average molecular weight is 379 g/mol. The zero-order valence-electron chi connectivity index (χ0n) is 15.5. The molecule has 0 atom stereocenters. The molecule has 2 aromatic carbocycles. The van der Waals surface area contributed by atoms with Crippen LogP contribution < -0.4 is 15.0 Å². The maximum atomic E-state index is 12.4. The fraction of sp³-hybridized carbons (Fsp3) is 0.238. The summed E-state index contributed by atoms with van der Waals surface area (Å²) in [6.07, 6.45) is 1.44. The Morgan fingerprint density at radius 2 is 1.96 bits per heavy atom. The van der Waals surface area contributed by atoms with Crippen molar-refractivity contribution < 1.29 is 19.4 Å². The number of phenols is 1. The Morgan fingerprint density at radius 1 is 1.25 bits per heavy atom. The molecule has 1 aliphatic rings. The third kappa shape index (κ3) is 4.61. The molecule has 28 heavy (non-hydrogen) atoms. The maximum Gasteiger partial charge on any atom is 0.266 e. The van der Waals surface area contributed by atoms with Crippen molar-refractivity contribution in [2.45, 2.75) is 0 Å². The molecular formula is C21H21N3O4. The number of nitriles is 1. The number of amides is 1. The number of carbonyl (C=O) groups excluding carboxylic acids is 1. The monoisotopic (exact) mass is 379 g/mol. The van der Waals surface area contributed by atoms with Crippen molar-refractivity contribution >= 4 is 23.4 Å². The van der Waals surface area contributed by atoms with E-state index in [9.17, 15) is 15.2 Å². The molecule has 1 saturated heterocycles. The van der Waals surface area contributed by atoms with Crippen molar-refractivity contribution in [3.05, 3.63) is 53.6 Å². The lowest BCUT2D eigenvalue weighted by molar-refractivity contribution is -0.112. The molecule has 1 amide bonds. The number of morpholine rings is 1. The molecule has 1 heterocycles. The van der Waals surface area contributed by atoms with Gasteiger partial charge in [0.2, 0.25) is 0 Å². The van der Waals surface area contributed by atoms with E-state index < -0.39 is 5.91 Å². The van der Waals surface area contributed by atoms with Crippen LogP contribution in [0, 0.1) is 11.3 Å². The number of methoxy groups -OCH3 is 1. The summed E-state index contributed by atoms with van der Waals surface area (Å²) in [5.74, 6) is -0.248. The lowest BCUT2D eigenvalue weighted by atomic mass is 10.1. The molecule has 1 fully saturated rings. The summed E-state index contributed by atoms with van der Waals surface area (Å²) in [5, 5.41) is 21.7. The van der Waals surface area contributed by atoms with Gasteiger partial charge >= 0.3 is 0 Å². The fourth-order valence-electron chi connectivity index (χ4n) is 2.87. The van der Waals surface area contributed by atoms with Crippen LogP contribution >= 0.6 is 0 Å². The smallest absolute Gasteiger partial charge is 0.266 e. The minimum atomic E-state index is -0.506. The van der Waals surface area contributed by atoms with Gasteiger partial charge in [0.25, 0.3) is 5.91 Å². The molecule has 0 radical (unpaired) electrons. The first-order valence-electron chi connectivity index (χ1n) is 8.83. The Labute approximate surface area is 163 Å². The highest BCUT2D eigenvalue weighted by Crippen LogP contribution is 2.27. The van der Waals surface area contributed by atoms with Crippen LogP contribution in [0.4, 0.5) is 11.4 Å². The van der Waals surface area contributed by atoms with Crippen LogP contribution in [0.3, 0.4) is 0 Å². The van der Waals surface area contributed by atoms with Crippen LogP contribution in [-0.4, -0.2) is 44.4 Å². The molecule has 7 nitrogen and oxygen atoms in total. The molecule has 0 saturated carbocycles. The van der Waals surface area contributed by atoms with Crippen LogP contribution in [0.25, 0.3) is 6.08 Å². The number of rotatable bonds is 5. The minimum absolute atomic E-state index is 0.0111. The first-order chi connectivity index (χ1) is 13.6. The number of benzene rings is 2. The van der Waals surface area contributed by atoms with Crippen LogP contribution in [0.2, 0.25) is 0 Å². The third-order valence-electron chi connectivity index (χ3n) is 4.38. The lowest BCUT2D eigenvalue weighted by Gasteiger charge is -2.28. The fourth-order valence-corrected chi connectivity index (χ4v) is 2.87. The van der Waals surface area contributed by atoms with Crippen molar-refractivity contribution in [1.82, 2.24) is 0 Å². The molecule has 1 aliphatic heterocycles. The second kappa shape index (κ2) is 8.93. The normalized spacial score (nSPS) is 14.3. The van der Waals surface area contributed by atoms with Crippen molar-refractivity contribution in [3.8, 4) is 17.6 Å². The number of aromatic hydroxyl groups is 1. The second-order valence-corrected chi connectivity index (χ2v) is 6.20. The van der Waals surface area contributed by atoms with E-state index in [4.69, 9.17) is 9.47 Å². The molecule has 0 aliphatic carbocycles. The van der Waals surface area contributed by atoms with Gasteiger partial charge < -0.3 is 24.8 Å². The summed E-state index contributed by atoms with van der Waals surface area (Å²) in [7, 11) is 1.43. The van der Waals surface area contributed by atoms with Crippen molar-refractivity contribution in [1.29, 1.82) is 5.26 Å². The number of nitrogens with one attached hydrogen (secondary N) is 1. The van der Waals surface area contributed by atoms with E-state index in [0.717, 1.165) is 18.8 Å². The molecule has 0 unspecified atom stereocenters. The highest BCUT2D eigenvalue weighted by atomic mass is 16.5. The van der Waals surface area contributed by atoms with Gasteiger partial charge in [0.15, 0.2) is 11.5 Å². The quantitative estimate of drug-likeness (QED) is 0.613. The van der Waals surface area contributed by atoms with Gasteiger partial charge in [-0.15, -0.1) is 0 Å². The molecule has 3 rings (SSSR count). The molecule has 2 aromatic rings. The van der Waals surface area contributed by atoms with E-state index in [2.05, 4.69) is 10.2 Å². The van der Waals surface area contributed by atoms with Crippen molar-refractivity contribution in [2.24, 2.45) is 0 Å². The molecule has 0 bridgehead atoms. The third-order valence-corrected chi connectivity index (χ3v) is 4.38. The van der Waals surface area contributed by atoms with E-state index in [1.807, 2.05) is 18.2 Å². The van der Waals surface area contributed by atoms with Crippen molar-refractivity contribution in [3.63, 3.8) is 0 Å². The first-order valence-corrected chi connectivity index (χ1v) is 8.83. The predicted octanol–water partition coefficient (Wildman–Crippen LogP) is 2.78. The Kier molecular flexibility index (Phi) is 6.14. The van der Waals surface area contributed by atoms with Crippen LogP contribution in [0.15, 0.2) is 48.0 Å². The summed E-state index contributed by atoms with van der Waals surface area (Å²) >= 11 is 0. The molecule has 7 heteroatoms. The van der Waals surface area contributed by atoms with Gasteiger partial charge in [0.05, 0.1) is 20.3 Å². The predicted molar refractivity (Wildman–Crippen MR) is 106 cm³/mol. The van der Waals surface area contributed by atoms with E-state index in [1.165, 1.54) is 19.3 Å². The van der Waals surface area contributed by atoms with Gasteiger partial charge in [-0.2, -0.15) is 5.26 Å². The summed E-state index contributed by atoms with van der Waals surface area (Å²) < 4.78 is 10.4. The summed E-state index contributed by atoms with van der Waals surface area (Å²) in [6.45, 7) is 3.08. The highest BCUT2D eigenvalue weighted by Gasteiger charge is 2.13. The van der Waals surface area contributed by atoms with Gasteiger partial charge in [-0.1, -0.05) is 6.07 Å². The summed E-state index contributed by atoms with van der Waals surface area (Å²) in [4.78, 5) is 14.7. The number of anilines is 2. The van der Waals surface area contributed by atoms with Gasteiger partial charge in [-0.05, 0) is 48.0 Å². The number of carbonyl (C=O) groups is 1.